The molecule has 1 aromatic heterocycles. The number of hydrogen-bond acceptors (Lipinski definition) is 5. The molecule has 0 spiro atoms. The molecule has 0 aliphatic heterocycles. The number of nitrogens with one attached hydrogen (secondary N) is 1. The quantitative estimate of drug-likeness (QED) is 0.374. The number of carbonyl (C=O) groups excluding carboxylic acids is 2. The second kappa shape index (κ2) is 10.1. The first kappa shape index (κ1) is 22.8. The van der Waals surface area contributed by atoms with E-state index in [1.807, 2.05) is 0 Å². The molecule has 1 amide bonds. The number of ether oxygens (including phenoxy) is 2. The van der Waals surface area contributed by atoms with Crippen LogP contribution in [0.4, 0.5) is 14.5 Å². The van der Waals surface area contributed by atoms with Gasteiger partial charge in [0.2, 0.25) is 0 Å². The fraction of sp³-hybridized carbons (Fsp3) is 0.115. The first-order valence-corrected chi connectivity index (χ1v) is 10.5. The molecule has 172 valence electrons. The summed E-state index contributed by atoms with van der Waals surface area (Å²) < 4.78 is 37.3. The lowest BCUT2D eigenvalue weighted by Gasteiger charge is -2.13. The van der Waals surface area contributed by atoms with Crippen LogP contribution >= 0.6 is 0 Å². The van der Waals surface area contributed by atoms with Gasteiger partial charge in [0.1, 0.15) is 17.4 Å². The molecule has 4 aromatic rings. The molecule has 4 rings (SSSR count). The lowest BCUT2D eigenvalue weighted by atomic mass is 10.1. The van der Waals surface area contributed by atoms with Crippen molar-refractivity contribution in [1.82, 2.24) is 4.98 Å². The van der Waals surface area contributed by atoms with Crippen LogP contribution in [-0.2, 0) is 9.53 Å². The van der Waals surface area contributed by atoms with E-state index in [0.717, 1.165) is 0 Å². The van der Waals surface area contributed by atoms with Crippen molar-refractivity contribution in [3.05, 3.63) is 90.0 Å². The summed E-state index contributed by atoms with van der Waals surface area (Å²) in [6.45, 7) is 1.60. The van der Waals surface area contributed by atoms with Gasteiger partial charge in [0, 0.05) is 22.7 Å². The van der Waals surface area contributed by atoms with E-state index in [1.54, 1.807) is 43.3 Å². The molecule has 6 nitrogen and oxygen atoms in total. The molecule has 3 aromatic carbocycles. The fourth-order valence-corrected chi connectivity index (χ4v) is 3.30. The monoisotopic (exact) mass is 462 g/mol. The predicted octanol–water partition coefficient (Wildman–Crippen LogP) is 5.37. The number of aromatic nitrogens is 1. The maximum absolute atomic E-state index is 13.4. The van der Waals surface area contributed by atoms with Gasteiger partial charge in [-0.3, -0.25) is 4.79 Å². The largest absolute Gasteiger partial charge is 0.483 e. The summed E-state index contributed by atoms with van der Waals surface area (Å²) in [7, 11) is 0. The van der Waals surface area contributed by atoms with Gasteiger partial charge in [0.05, 0.1) is 23.4 Å². The highest BCUT2D eigenvalue weighted by molar-refractivity contribution is 5.97. The number of benzene rings is 3. The maximum Gasteiger partial charge on any atom is 0.338 e. The average Bonchev–Trinajstić information content (AvgIpc) is 2.84. The SMILES string of the molecule is CCOC(=O)c1ccc2nc(-c3ccc(F)cc3)cc(OCC(=O)Nc3ccc(F)cc3)c2c1. The molecule has 0 bridgehead atoms. The lowest BCUT2D eigenvalue weighted by molar-refractivity contribution is -0.118. The zero-order valence-electron chi connectivity index (χ0n) is 18.2. The van der Waals surface area contributed by atoms with Crippen LogP contribution in [0, 0.1) is 11.6 Å². The van der Waals surface area contributed by atoms with Gasteiger partial charge in [-0.15, -0.1) is 0 Å². The molecule has 8 heteroatoms. The van der Waals surface area contributed by atoms with Crippen LogP contribution in [0.5, 0.6) is 5.75 Å². The zero-order chi connectivity index (χ0) is 24.1. The van der Waals surface area contributed by atoms with E-state index < -0.39 is 17.7 Å². The molecule has 0 radical (unpaired) electrons. The standard InChI is InChI=1S/C26H20F2N2O4/c1-2-33-26(32)17-5-12-22-21(13-17)24(14-23(30-22)16-3-6-18(27)7-4-16)34-15-25(31)29-20-10-8-19(28)9-11-20/h3-14H,2,15H2,1H3,(H,29,31). The van der Waals surface area contributed by atoms with Crippen LogP contribution < -0.4 is 10.1 Å². The molecular formula is C26H20F2N2O4. The molecular weight excluding hydrogens is 442 g/mol. The van der Waals surface area contributed by atoms with Gasteiger partial charge >= 0.3 is 5.97 Å². The Balaban J connectivity index is 1.66. The minimum atomic E-state index is -0.494. The Morgan fingerprint density at radius 3 is 2.26 bits per heavy atom. The number of anilines is 1. The highest BCUT2D eigenvalue weighted by atomic mass is 19.1. The molecule has 34 heavy (non-hydrogen) atoms. The highest BCUT2D eigenvalue weighted by Crippen LogP contribution is 2.31. The number of amides is 1. The first-order valence-electron chi connectivity index (χ1n) is 10.5. The Labute approximate surface area is 194 Å². The van der Waals surface area contributed by atoms with E-state index in [-0.39, 0.29) is 19.0 Å². The van der Waals surface area contributed by atoms with E-state index in [2.05, 4.69) is 10.3 Å². The number of fused-ring (bicyclic) bond motifs is 1. The Hall–Kier alpha value is -4.33. The molecule has 0 saturated carbocycles. The second-order valence-corrected chi connectivity index (χ2v) is 7.31. The van der Waals surface area contributed by atoms with Crippen molar-refractivity contribution in [2.45, 2.75) is 6.92 Å². The van der Waals surface area contributed by atoms with Crippen molar-refractivity contribution in [1.29, 1.82) is 0 Å². The number of halogens is 2. The van der Waals surface area contributed by atoms with E-state index in [9.17, 15) is 18.4 Å². The summed E-state index contributed by atoms with van der Waals surface area (Å²) in [5, 5.41) is 3.13. The van der Waals surface area contributed by atoms with Gasteiger partial charge in [0.25, 0.3) is 5.91 Å². The van der Waals surface area contributed by atoms with Crippen LogP contribution in [0.15, 0.2) is 72.8 Å². The molecule has 0 aliphatic rings. The highest BCUT2D eigenvalue weighted by Gasteiger charge is 2.15. The molecule has 1 heterocycles. The summed E-state index contributed by atoms with van der Waals surface area (Å²) in [5.41, 5.74) is 2.41. The summed E-state index contributed by atoms with van der Waals surface area (Å²) in [4.78, 5) is 29.2. The first-order chi connectivity index (χ1) is 16.4. The Morgan fingerprint density at radius 1 is 0.912 bits per heavy atom. The number of carbonyl (C=O) groups is 2. The summed E-state index contributed by atoms with van der Waals surface area (Å²) in [5.74, 6) is -1.43. The molecule has 0 aliphatic carbocycles. The maximum atomic E-state index is 13.4. The minimum Gasteiger partial charge on any atom is -0.483 e. The van der Waals surface area contributed by atoms with E-state index in [1.165, 1.54) is 36.4 Å². The topological polar surface area (TPSA) is 77.5 Å². The predicted molar refractivity (Wildman–Crippen MR) is 124 cm³/mol. The number of hydrogen-bond donors (Lipinski definition) is 1. The zero-order valence-corrected chi connectivity index (χ0v) is 18.2. The summed E-state index contributed by atoms with van der Waals surface area (Å²) in [6, 6.07) is 17.6. The third-order valence-electron chi connectivity index (χ3n) is 4.91. The fourth-order valence-electron chi connectivity index (χ4n) is 3.30. The lowest BCUT2D eigenvalue weighted by Crippen LogP contribution is -2.20. The van der Waals surface area contributed by atoms with Crippen LogP contribution in [0.2, 0.25) is 0 Å². The van der Waals surface area contributed by atoms with E-state index >= 15 is 0 Å². The van der Waals surface area contributed by atoms with Gasteiger partial charge in [-0.2, -0.15) is 0 Å². The van der Waals surface area contributed by atoms with Crippen molar-refractivity contribution in [2.24, 2.45) is 0 Å². The third kappa shape index (κ3) is 5.35. The smallest absolute Gasteiger partial charge is 0.338 e. The van der Waals surface area contributed by atoms with Crippen molar-refractivity contribution in [2.75, 3.05) is 18.5 Å². The van der Waals surface area contributed by atoms with Crippen molar-refractivity contribution in [3.8, 4) is 17.0 Å². The number of rotatable bonds is 7. The van der Waals surface area contributed by atoms with E-state index in [0.29, 0.717) is 39.2 Å². The number of nitrogens with zero attached hydrogens (tertiary/aromatic N) is 1. The van der Waals surface area contributed by atoms with Gasteiger partial charge in [-0.25, -0.2) is 18.6 Å². The number of esters is 1. The number of pyridine rings is 1. The van der Waals surface area contributed by atoms with Crippen LogP contribution in [-0.4, -0.2) is 30.1 Å². The van der Waals surface area contributed by atoms with Crippen molar-refractivity contribution >= 4 is 28.5 Å². The second-order valence-electron chi connectivity index (χ2n) is 7.31. The van der Waals surface area contributed by atoms with Crippen molar-refractivity contribution in [3.63, 3.8) is 0 Å². The van der Waals surface area contributed by atoms with Gasteiger partial charge in [-0.1, -0.05) is 0 Å². The van der Waals surface area contributed by atoms with Gasteiger partial charge in [-0.05, 0) is 73.7 Å². The van der Waals surface area contributed by atoms with Crippen LogP contribution in [0.1, 0.15) is 17.3 Å². The molecule has 0 fully saturated rings. The minimum absolute atomic E-state index is 0.228. The Morgan fingerprint density at radius 2 is 1.59 bits per heavy atom. The Bertz CT molecular complexity index is 1340. The summed E-state index contributed by atoms with van der Waals surface area (Å²) >= 11 is 0. The van der Waals surface area contributed by atoms with Gasteiger partial charge < -0.3 is 14.8 Å². The summed E-state index contributed by atoms with van der Waals surface area (Å²) in [6.07, 6.45) is 0. The molecule has 0 atom stereocenters. The normalized spacial score (nSPS) is 10.7. The molecule has 1 N–H and O–H groups in total. The van der Waals surface area contributed by atoms with E-state index in [4.69, 9.17) is 9.47 Å². The van der Waals surface area contributed by atoms with Crippen LogP contribution in [0.25, 0.3) is 22.2 Å². The molecule has 0 saturated heterocycles. The average molecular weight is 462 g/mol. The Kier molecular flexibility index (Phi) is 6.77. The third-order valence-corrected chi connectivity index (χ3v) is 4.91. The van der Waals surface area contributed by atoms with Crippen LogP contribution in [0.3, 0.4) is 0 Å². The molecule has 0 unspecified atom stereocenters. The van der Waals surface area contributed by atoms with Crippen molar-refractivity contribution < 1.29 is 27.8 Å². The van der Waals surface area contributed by atoms with Gasteiger partial charge in [0.15, 0.2) is 6.61 Å².